The van der Waals surface area contributed by atoms with Crippen LogP contribution in [0.3, 0.4) is 0 Å². The highest BCUT2D eigenvalue weighted by molar-refractivity contribution is 6.29. The zero-order valence-corrected chi connectivity index (χ0v) is 66.0. The number of furan rings is 3. The molecule has 129 heavy (non-hydrogen) atoms. The van der Waals surface area contributed by atoms with Crippen LogP contribution in [0.1, 0.15) is 72.7 Å². The van der Waals surface area contributed by atoms with Crippen molar-refractivity contribution in [2.45, 2.75) is 0 Å². The number of hydrogen-bond donors (Lipinski definition) is 0. The first-order valence-corrected chi connectivity index (χ1v) is 40.1. The van der Waals surface area contributed by atoms with Crippen molar-refractivity contribution in [3.63, 3.8) is 0 Å². The van der Waals surface area contributed by atoms with Crippen LogP contribution in [0.15, 0.2) is 473 Å². The van der Waals surface area contributed by atoms with Crippen LogP contribution >= 0.6 is 0 Å². The molecule has 0 saturated carbocycles. The molecule has 0 radical (unpaired) electrons. The van der Waals surface area contributed by atoms with Crippen LogP contribution in [0.5, 0.6) is 0 Å². The van der Waals surface area contributed by atoms with Crippen molar-refractivity contribution in [2.75, 3.05) is 0 Å². The Morgan fingerprint density at radius 1 is 0.147 bits per heavy atom. The van der Waals surface area contributed by atoms with Crippen molar-refractivity contribution in [1.29, 1.82) is 0 Å². The van der Waals surface area contributed by atoms with Gasteiger partial charge in [0.25, 0.3) is 0 Å². The average molecular weight is 1690 g/mol. The molecule has 3 heteroatoms. The van der Waals surface area contributed by atoms with Gasteiger partial charge in [-0.15, -0.1) is 0 Å². The Hall–Kier alpha value is -17.0. The lowest BCUT2D eigenvalue weighted by molar-refractivity contribution is 0.669. The summed E-state index contributed by atoms with van der Waals surface area (Å²) in [7, 11) is 0. The van der Waals surface area contributed by atoms with E-state index in [1.807, 2.05) is 97.1 Å². The van der Waals surface area contributed by atoms with Crippen molar-refractivity contribution >= 4 is 195 Å². The maximum atomic E-state index is 9.81. The average Bonchev–Trinajstić information content (AvgIpc) is 0.979. The van der Waals surface area contributed by atoms with Crippen molar-refractivity contribution in [3.8, 4) is 77.9 Å². The predicted octanol–water partition coefficient (Wildman–Crippen LogP) is 36.3. The second-order valence-electron chi connectivity index (χ2n) is 30.1. The Morgan fingerprint density at radius 2 is 0.496 bits per heavy atom. The molecule has 3 nitrogen and oxygen atoms in total. The van der Waals surface area contributed by atoms with Gasteiger partial charge in [0.1, 0.15) is 33.5 Å². The molecule has 25 aromatic carbocycles. The van der Waals surface area contributed by atoms with E-state index >= 15 is 0 Å². The monoisotopic (exact) mass is 1690 g/mol. The normalized spacial score (nSPS) is 17.6. The molecule has 28 rings (SSSR count). The second-order valence-corrected chi connectivity index (χ2v) is 30.1. The maximum absolute atomic E-state index is 9.81. The van der Waals surface area contributed by atoms with Gasteiger partial charge < -0.3 is 13.3 Å². The van der Waals surface area contributed by atoms with E-state index in [0.29, 0.717) is 44.4 Å². The van der Waals surface area contributed by atoms with Crippen LogP contribution in [-0.2, 0) is 0 Å². The van der Waals surface area contributed by atoms with E-state index in [4.69, 9.17) is 61.2 Å². The van der Waals surface area contributed by atoms with Gasteiger partial charge in [0.05, 0.1) is 72.7 Å². The molecule has 0 saturated heterocycles. The molecule has 0 aliphatic heterocycles. The molecule has 3 heterocycles. The van der Waals surface area contributed by atoms with Crippen LogP contribution in [0, 0.1) is 0 Å². The van der Waals surface area contributed by atoms with Crippen LogP contribution in [-0.4, -0.2) is 0 Å². The van der Waals surface area contributed by atoms with Crippen LogP contribution in [0.25, 0.3) is 273 Å². The standard InChI is InChI=1S/C46H28O.2C40H24O/c1-3-16-34-29(11-1)13-10-22-36(34)45-39-20-7-5-18-37(39)44(38-19-6-8-21-40(38)45)33-15-9-14-31(27-33)32-24-25-42-41(28-32)46-35-17-4-2-12-30(35)23-26-43(46)47-42;1-3-13-28-25(10-1)12-9-19-30(28)39-33-17-7-5-15-31(33)38(32-16-6-8-18-34(32)39)27-21-22-36-35(24-27)40-29-14-4-2-11-26(29)20-23-37(40)41-36;1-2-11-27-23-28(18-17-25(27)9-1)38-31-13-5-7-15-33(31)39(34-16-8-6-14-32(34)38)29-20-21-36-35(24-29)40-30-12-4-3-10-26(30)19-22-37(40)41-36/h1-28H;2*1-24H/i1D,3D,5D,6D,7D,8D,10D,11D,13D,16D,18D,19D,20D,21D,22D;1D,2D,3D,4D,5D,6D,7D,8D,9D,10D,11D,12D,13D,14D,15D,17D,18D,19D,20D,21D,22D,23D,24D;1D,2D,5D,6D,7D,8D,9D,11D,13D,14D,15D,16D,17D,18D,23D. The summed E-state index contributed by atoms with van der Waals surface area (Å²) in [6.07, 6.45) is 0. The Morgan fingerprint density at radius 3 is 1.04 bits per heavy atom. The van der Waals surface area contributed by atoms with E-state index in [-0.39, 0.29) is 81.5 Å². The van der Waals surface area contributed by atoms with Gasteiger partial charge in [-0.05, 0) is 274 Å². The fourth-order valence-electron chi connectivity index (χ4n) is 17.8. The molecular weight excluding hydrogens is 1560 g/mol. The van der Waals surface area contributed by atoms with Gasteiger partial charge in [0, 0.05) is 32.3 Å². The van der Waals surface area contributed by atoms with Crippen molar-refractivity contribution in [1.82, 2.24) is 0 Å². The quantitative estimate of drug-likeness (QED) is 0.149. The molecule has 3 aromatic heterocycles. The van der Waals surface area contributed by atoms with Crippen molar-refractivity contribution in [3.05, 3.63) is 460 Å². The zero-order chi connectivity index (χ0) is 131. The molecule has 598 valence electrons. The third-order valence-electron chi connectivity index (χ3n) is 23.3. The van der Waals surface area contributed by atoms with Gasteiger partial charge in [-0.1, -0.05) is 393 Å². The second kappa shape index (κ2) is 29.9. The third-order valence-corrected chi connectivity index (χ3v) is 23.3. The molecule has 0 amide bonds. The molecule has 28 aromatic rings. The molecule has 0 aliphatic rings. The number of hydrogen-bond acceptors (Lipinski definition) is 3. The highest BCUT2D eigenvalue weighted by atomic mass is 16.3. The van der Waals surface area contributed by atoms with Crippen LogP contribution < -0.4 is 0 Å². The SMILES string of the molecule is [2H]c1c([2H])c([2H])c2c(-c3c4c([2H])c([2H])c([2H])c([2H])c4c(-c4cccc(-c5ccc6oc7ccc8ccccc8c7c6c5)c4)c4c([2H])c([2H])c([2H])c([2H])c34)c([2H])c([2H])c([2H])c2c1[2H].[2H]c1c([2H])c([2H])c2c([2H])c(-c3c4c([2H])c([2H])c([2H])c([2H])c4c(-c4ccc5oc6ccc7ccccc7c6c5c4)c4c([2H])c([2H])c([2H])c([2H])c34)c([2H])c([2H])c2c1[2H].[2H]c1cc2c(-c3c([2H])c([2H])c4oc5c([2H])c([2H])c6c([2H])c([2H])c([2H])c([2H])c6c5c4c3[2H])c3c([2H])c([2H])c([2H])c([2H])c3c(-c3c([2H])c([2H])c([2H])c4c([2H])c([2H])c([2H])c([2H])c34)c2c([2H])c1[2H]. The Kier molecular flexibility index (Phi) is 8.86. The first-order chi connectivity index (χ1) is 86.0. The first kappa shape index (κ1) is 38.2. The summed E-state index contributed by atoms with van der Waals surface area (Å²) in [4.78, 5) is 0. The highest BCUT2D eigenvalue weighted by Crippen LogP contribution is 2.52. The molecule has 0 unspecified atom stereocenters. The number of benzene rings is 25. The van der Waals surface area contributed by atoms with Gasteiger partial charge in [-0.25, -0.2) is 0 Å². The smallest absolute Gasteiger partial charge is 0.136 e. The summed E-state index contributed by atoms with van der Waals surface area (Å²) < 4.78 is 491. The summed E-state index contributed by atoms with van der Waals surface area (Å²) in [5.41, 5.74) is -0.328. The van der Waals surface area contributed by atoms with E-state index in [0.717, 1.165) is 49.3 Å². The van der Waals surface area contributed by atoms with E-state index < -0.39 is 424 Å². The fraction of sp³-hybridized carbons (Fsp3) is 0. The van der Waals surface area contributed by atoms with E-state index in [1.54, 1.807) is 36.4 Å². The molecule has 0 N–H and O–H groups in total. The van der Waals surface area contributed by atoms with Gasteiger partial charge in [-0.2, -0.15) is 0 Å². The topological polar surface area (TPSA) is 39.4 Å². The lowest BCUT2D eigenvalue weighted by Gasteiger charge is -2.19. The van der Waals surface area contributed by atoms with Crippen LogP contribution in [0.4, 0.5) is 0 Å². The minimum atomic E-state index is -0.899. The minimum Gasteiger partial charge on any atom is -0.456 e. The summed E-state index contributed by atoms with van der Waals surface area (Å²) in [5.74, 6) is 0. The van der Waals surface area contributed by atoms with Gasteiger partial charge in [0.15, 0.2) is 0 Å². The number of rotatable bonds is 7. The van der Waals surface area contributed by atoms with Gasteiger partial charge >= 0.3 is 0 Å². The first-order valence-electron chi connectivity index (χ1n) is 66.6. The predicted molar refractivity (Wildman–Crippen MR) is 549 cm³/mol. The molecular formula is C126H76O3. The molecule has 0 aliphatic carbocycles. The molecule has 0 atom stereocenters. The van der Waals surface area contributed by atoms with Crippen LogP contribution in [0.2, 0.25) is 0 Å². The Balaban J connectivity index is 0.000000131. The van der Waals surface area contributed by atoms with E-state index in [1.165, 1.54) is 0 Å². The summed E-state index contributed by atoms with van der Waals surface area (Å²) in [6.45, 7) is 0. The molecule has 0 spiro atoms. The van der Waals surface area contributed by atoms with Crippen molar-refractivity contribution < 1.29 is 85.9 Å². The number of fused-ring (bicyclic) bond motifs is 24. The van der Waals surface area contributed by atoms with Gasteiger partial charge in [-0.3, -0.25) is 0 Å². The zero-order valence-electron chi connectivity index (χ0n) is 119. The largest absolute Gasteiger partial charge is 0.456 e. The summed E-state index contributed by atoms with van der Waals surface area (Å²) >= 11 is 0. The lowest BCUT2D eigenvalue weighted by atomic mass is 9.84. The Labute approximate surface area is 816 Å². The van der Waals surface area contributed by atoms with E-state index in [2.05, 4.69) is 0 Å². The third kappa shape index (κ3) is 12.0. The molecule has 0 bridgehead atoms. The van der Waals surface area contributed by atoms with E-state index in [9.17, 15) is 24.7 Å². The summed E-state index contributed by atoms with van der Waals surface area (Å²) in [5, 5.41) is -1.21. The fourth-order valence-corrected chi connectivity index (χ4v) is 17.8. The highest BCUT2D eigenvalue weighted by Gasteiger charge is 2.25. The minimum absolute atomic E-state index is 0.0288. The Bertz CT molecular complexity index is 12800. The van der Waals surface area contributed by atoms with Gasteiger partial charge in [0.2, 0.25) is 0 Å². The van der Waals surface area contributed by atoms with Crippen molar-refractivity contribution in [2.24, 2.45) is 0 Å². The lowest BCUT2D eigenvalue weighted by Crippen LogP contribution is -1.92. The maximum Gasteiger partial charge on any atom is 0.136 e. The summed E-state index contributed by atoms with van der Waals surface area (Å²) in [6, 6.07) is 3.77. The molecule has 0 fully saturated rings.